The number of hydrogen-bond donors (Lipinski definition) is 1. The van der Waals surface area contributed by atoms with E-state index in [-0.39, 0.29) is 11.7 Å². The Kier molecular flexibility index (Phi) is 4.72. The molecule has 1 saturated carbocycles. The summed E-state index contributed by atoms with van der Waals surface area (Å²) in [6, 6.07) is 5.48. The zero-order valence-electron chi connectivity index (χ0n) is 12.9. The van der Waals surface area contributed by atoms with Gasteiger partial charge in [-0.1, -0.05) is 31.4 Å². The molecule has 2 atom stereocenters. The number of aromatic nitrogens is 1. The number of hydrogen-bond acceptors (Lipinski definition) is 2. The van der Waals surface area contributed by atoms with Crippen LogP contribution in [0.15, 0.2) is 29.2 Å². The topological polar surface area (TPSA) is 42.1 Å². The van der Waals surface area contributed by atoms with Crippen molar-refractivity contribution >= 4 is 22.4 Å². The van der Waals surface area contributed by atoms with Crippen molar-refractivity contribution in [3.8, 4) is 5.75 Å². The standard InChI is InChI=1S/C18H22ClNO2/c1-2-5-12-6-3-4-7-16(12)22-17-10-13-8-9-20-18(21)14(13)11-15(17)19/h8-12,16H,2-7H2,1H3,(H,20,21)/t12-,16+/m0/s1. The highest BCUT2D eigenvalue weighted by atomic mass is 35.5. The van der Waals surface area contributed by atoms with Crippen molar-refractivity contribution in [1.29, 1.82) is 0 Å². The third kappa shape index (κ3) is 3.14. The average Bonchev–Trinajstić information content (AvgIpc) is 2.51. The number of aromatic amines is 1. The molecule has 0 unspecified atom stereocenters. The molecule has 1 aliphatic rings. The third-order valence-electron chi connectivity index (χ3n) is 4.60. The highest BCUT2D eigenvalue weighted by Gasteiger charge is 2.26. The van der Waals surface area contributed by atoms with Crippen LogP contribution in [0.5, 0.6) is 5.75 Å². The van der Waals surface area contributed by atoms with Crippen LogP contribution in [0.4, 0.5) is 0 Å². The van der Waals surface area contributed by atoms with Crippen LogP contribution in [0.25, 0.3) is 10.8 Å². The lowest BCUT2D eigenvalue weighted by Gasteiger charge is -2.32. The summed E-state index contributed by atoms with van der Waals surface area (Å²) in [5.41, 5.74) is -0.118. The fraction of sp³-hybridized carbons (Fsp3) is 0.500. The minimum absolute atomic E-state index is 0.118. The lowest BCUT2D eigenvalue weighted by Crippen LogP contribution is -2.30. The Morgan fingerprint density at radius 1 is 1.32 bits per heavy atom. The van der Waals surface area contributed by atoms with E-state index in [0.717, 1.165) is 11.8 Å². The molecule has 22 heavy (non-hydrogen) atoms. The van der Waals surface area contributed by atoms with Crippen molar-refractivity contribution in [3.05, 3.63) is 39.8 Å². The van der Waals surface area contributed by atoms with Gasteiger partial charge in [-0.25, -0.2) is 0 Å². The van der Waals surface area contributed by atoms with Crippen LogP contribution in [-0.2, 0) is 0 Å². The molecule has 0 spiro atoms. The summed E-state index contributed by atoms with van der Waals surface area (Å²) in [6.07, 6.45) is 9.13. The van der Waals surface area contributed by atoms with Gasteiger partial charge in [0, 0.05) is 11.6 Å². The van der Waals surface area contributed by atoms with Gasteiger partial charge in [-0.2, -0.15) is 0 Å². The maximum Gasteiger partial charge on any atom is 0.255 e. The number of rotatable bonds is 4. The van der Waals surface area contributed by atoms with E-state index in [4.69, 9.17) is 16.3 Å². The number of ether oxygens (including phenoxy) is 1. The zero-order chi connectivity index (χ0) is 15.5. The summed E-state index contributed by atoms with van der Waals surface area (Å²) in [7, 11) is 0. The summed E-state index contributed by atoms with van der Waals surface area (Å²) in [5, 5.41) is 1.99. The summed E-state index contributed by atoms with van der Waals surface area (Å²) in [6.45, 7) is 2.22. The van der Waals surface area contributed by atoms with Gasteiger partial charge in [-0.05, 0) is 55.2 Å². The Morgan fingerprint density at radius 3 is 2.95 bits per heavy atom. The second-order valence-electron chi connectivity index (χ2n) is 6.17. The summed E-state index contributed by atoms with van der Waals surface area (Å²) in [5.74, 6) is 1.32. The van der Waals surface area contributed by atoms with Crippen LogP contribution in [0.3, 0.4) is 0 Å². The molecule has 1 aliphatic carbocycles. The zero-order valence-corrected chi connectivity index (χ0v) is 13.7. The van der Waals surface area contributed by atoms with Gasteiger partial charge < -0.3 is 9.72 Å². The molecule has 0 amide bonds. The van der Waals surface area contributed by atoms with E-state index in [2.05, 4.69) is 11.9 Å². The van der Waals surface area contributed by atoms with Gasteiger partial charge in [-0.3, -0.25) is 4.79 Å². The second-order valence-corrected chi connectivity index (χ2v) is 6.57. The predicted octanol–water partition coefficient (Wildman–Crippen LogP) is 4.92. The molecule has 0 aliphatic heterocycles. The first-order valence-electron chi connectivity index (χ1n) is 8.16. The van der Waals surface area contributed by atoms with Crippen molar-refractivity contribution in [3.63, 3.8) is 0 Å². The van der Waals surface area contributed by atoms with Crippen LogP contribution in [0.2, 0.25) is 5.02 Å². The fourth-order valence-electron chi connectivity index (χ4n) is 3.47. The Bertz CT molecular complexity index is 708. The molecule has 3 rings (SSSR count). The van der Waals surface area contributed by atoms with E-state index >= 15 is 0 Å². The summed E-state index contributed by atoms with van der Waals surface area (Å²) < 4.78 is 6.26. The largest absolute Gasteiger partial charge is 0.489 e. The number of nitrogens with one attached hydrogen (secondary N) is 1. The molecular formula is C18H22ClNO2. The molecule has 4 heteroatoms. The van der Waals surface area contributed by atoms with Gasteiger partial charge in [0.15, 0.2) is 0 Å². The molecule has 1 aromatic carbocycles. The van der Waals surface area contributed by atoms with Gasteiger partial charge in [0.2, 0.25) is 0 Å². The van der Waals surface area contributed by atoms with E-state index in [0.29, 0.717) is 22.1 Å². The fourth-order valence-corrected chi connectivity index (χ4v) is 3.68. The Balaban J connectivity index is 1.89. The Labute approximate surface area is 135 Å². The number of benzene rings is 1. The highest BCUT2D eigenvalue weighted by molar-refractivity contribution is 6.32. The monoisotopic (exact) mass is 319 g/mol. The second kappa shape index (κ2) is 6.74. The van der Waals surface area contributed by atoms with Crippen LogP contribution in [-0.4, -0.2) is 11.1 Å². The van der Waals surface area contributed by atoms with E-state index in [1.165, 1.54) is 32.1 Å². The molecule has 1 fully saturated rings. The lowest BCUT2D eigenvalue weighted by atomic mass is 9.83. The van der Waals surface area contributed by atoms with E-state index in [1.807, 2.05) is 12.1 Å². The first-order chi connectivity index (χ1) is 10.7. The quantitative estimate of drug-likeness (QED) is 0.869. The predicted molar refractivity (Wildman–Crippen MR) is 90.9 cm³/mol. The van der Waals surface area contributed by atoms with Gasteiger partial charge in [0.1, 0.15) is 11.9 Å². The van der Waals surface area contributed by atoms with Crippen LogP contribution >= 0.6 is 11.6 Å². The van der Waals surface area contributed by atoms with E-state index in [9.17, 15) is 4.79 Å². The smallest absolute Gasteiger partial charge is 0.255 e. The van der Waals surface area contributed by atoms with Crippen molar-refractivity contribution in [2.75, 3.05) is 0 Å². The number of halogens is 1. The highest BCUT2D eigenvalue weighted by Crippen LogP contribution is 2.35. The number of pyridine rings is 1. The third-order valence-corrected chi connectivity index (χ3v) is 4.90. The Morgan fingerprint density at radius 2 is 2.14 bits per heavy atom. The van der Waals surface area contributed by atoms with Crippen LogP contribution < -0.4 is 10.3 Å². The SMILES string of the molecule is CCC[C@H]1CCCC[C@H]1Oc1cc2cc[nH]c(=O)c2cc1Cl. The Hall–Kier alpha value is -1.48. The molecule has 2 aromatic rings. The van der Waals surface area contributed by atoms with Gasteiger partial charge >= 0.3 is 0 Å². The van der Waals surface area contributed by atoms with E-state index < -0.39 is 0 Å². The molecule has 118 valence electrons. The van der Waals surface area contributed by atoms with Crippen molar-refractivity contribution < 1.29 is 4.74 Å². The maximum absolute atomic E-state index is 11.8. The minimum atomic E-state index is -0.118. The molecule has 1 aromatic heterocycles. The summed E-state index contributed by atoms with van der Waals surface area (Å²) in [4.78, 5) is 14.5. The van der Waals surface area contributed by atoms with Gasteiger partial charge in [0.25, 0.3) is 5.56 Å². The van der Waals surface area contributed by atoms with E-state index in [1.54, 1.807) is 12.3 Å². The van der Waals surface area contributed by atoms with Gasteiger partial charge in [0.05, 0.1) is 5.02 Å². The lowest BCUT2D eigenvalue weighted by molar-refractivity contribution is 0.0873. The van der Waals surface area contributed by atoms with Crippen molar-refractivity contribution in [1.82, 2.24) is 4.98 Å². The van der Waals surface area contributed by atoms with Crippen LogP contribution in [0.1, 0.15) is 45.4 Å². The number of fused-ring (bicyclic) bond motifs is 1. The van der Waals surface area contributed by atoms with Crippen molar-refractivity contribution in [2.24, 2.45) is 5.92 Å². The molecule has 1 N–H and O–H groups in total. The molecule has 0 saturated heterocycles. The molecule has 1 heterocycles. The minimum Gasteiger partial charge on any atom is -0.489 e. The maximum atomic E-state index is 11.8. The summed E-state index contributed by atoms with van der Waals surface area (Å²) >= 11 is 6.34. The first-order valence-corrected chi connectivity index (χ1v) is 8.54. The average molecular weight is 320 g/mol. The molecular weight excluding hydrogens is 298 g/mol. The molecule has 0 radical (unpaired) electrons. The van der Waals surface area contributed by atoms with Crippen LogP contribution in [0, 0.1) is 5.92 Å². The van der Waals surface area contributed by atoms with Gasteiger partial charge in [-0.15, -0.1) is 0 Å². The first kappa shape index (κ1) is 15.4. The molecule has 3 nitrogen and oxygen atoms in total. The molecule has 0 bridgehead atoms. The number of H-pyrrole nitrogens is 1. The van der Waals surface area contributed by atoms with Crippen molar-refractivity contribution in [2.45, 2.75) is 51.6 Å². The normalized spacial score (nSPS) is 21.9.